The average molecular weight is 359 g/mol. The van der Waals surface area contributed by atoms with Crippen molar-refractivity contribution in [1.82, 2.24) is 0 Å². The SMILES string of the molecule is COc1ccc(Cl)cc1C(N)Cc1ccc(F)cc1Br. The van der Waals surface area contributed by atoms with Gasteiger partial charge in [-0.3, -0.25) is 0 Å². The summed E-state index contributed by atoms with van der Waals surface area (Å²) < 4.78 is 19.1. The topological polar surface area (TPSA) is 35.2 Å². The van der Waals surface area contributed by atoms with Crippen molar-refractivity contribution >= 4 is 27.5 Å². The second-order valence-electron chi connectivity index (χ2n) is 4.43. The maximum atomic E-state index is 13.1. The highest BCUT2D eigenvalue weighted by Crippen LogP contribution is 2.30. The van der Waals surface area contributed by atoms with Gasteiger partial charge in [0.15, 0.2) is 0 Å². The maximum absolute atomic E-state index is 13.1. The predicted molar refractivity (Wildman–Crippen MR) is 82.7 cm³/mol. The number of halogens is 3. The molecule has 2 aromatic carbocycles. The second-order valence-corrected chi connectivity index (χ2v) is 5.72. The van der Waals surface area contributed by atoms with E-state index in [-0.39, 0.29) is 11.9 Å². The van der Waals surface area contributed by atoms with E-state index in [1.54, 1.807) is 31.4 Å². The lowest BCUT2D eigenvalue weighted by molar-refractivity contribution is 0.405. The zero-order chi connectivity index (χ0) is 14.7. The van der Waals surface area contributed by atoms with Crippen LogP contribution in [0.4, 0.5) is 4.39 Å². The van der Waals surface area contributed by atoms with E-state index >= 15 is 0 Å². The van der Waals surface area contributed by atoms with Crippen molar-refractivity contribution in [3.8, 4) is 5.75 Å². The van der Waals surface area contributed by atoms with Crippen LogP contribution < -0.4 is 10.5 Å². The summed E-state index contributed by atoms with van der Waals surface area (Å²) in [5.74, 6) is 0.412. The highest BCUT2D eigenvalue weighted by Gasteiger charge is 2.15. The molecule has 5 heteroatoms. The Bertz CT molecular complexity index is 621. The molecular weight excluding hydrogens is 345 g/mol. The van der Waals surface area contributed by atoms with E-state index in [9.17, 15) is 4.39 Å². The molecule has 106 valence electrons. The summed E-state index contributed by atoms with van der Waals surface area (Å²) in [5.41, 5.74) is 7.99. The molecule has 0 aliphatic rings. The Labute approximate surface area is 130 Å². The molecule has 0 heterocycles. The van der Waals surface area contributed by atoms with Gasteiger partial charge in [0.05, 0.1) is 7.11 Å². The summed E-state index contributed by atoms with van der Waals surface area (Å²) in [6, 6.07) is 9.62. The van der Waals surface area contributed by atoms with Gasteiger partial charge < -0.3 is 10.5 Å². The summed E-state index contributed by atoms with van der Waals surface area (Å²) in [6.45, 7) is 0. The van der Waals surface area contributed by atoms with Crippen molar-refractivity contribution < 1.29 is 9.13 Å². The van der Waals surface area contributed by atoms with Crippen molar-refractivity contribution in [2.75, 3.05) is 7.11 Å². The normalized spacial score (nSPS) is 12.2. The van der Waals surface area contributed by atoms with Crippen LogP contribution in [0.25, 0.3) is 0 Å². The fourth-order valence-corrected chi connectivity index (χ4v) is 2.72. The van der Waals surface area contributed by atoms with Gasteiger partial charge in [-0.15, -0.1) is 0 Å². The van der Waals surface area contributed by atoms with Gasteiger partial charge >= 0.3 is 0 Å². The molecule has 0 aliphatic carbocycles. The van der Waals surface area contributed by atoms with Gasteiger partial charge in [-0.25, -0.2) is 4.39 Å². The summed E-state index contributed by atoms with van der Waals surface area (Å²) in [6.07, 6.45) is 0.553. The molecule has 0 saturated carbocycles. The molecule has 0 aromatic heterocycles. The molecule has 1 atom stereocenters. The lowest BCUT2D eigenvalue weighted by Gasteiger charge is -2.17. The summed E-state index contributed by atoms with van der Waals surface area (Å²) in [5, 5.41) is 0.606. The van der Waals surface area contributed by atoms with Gasteiger partial charge in [-0.05, 0) is 42.3 Å². The van der Waals surface area contributed by atoms with Crippen molar-refractivity contribution in [3.05, 3.63) is 62.8 Å². The smallest absolute Gasteiger partial charge is 0.124 e. The summed E-state index contributed by atoms with van der Waals surface area (Å²) >= 11 is 9.35. The number of hydrogen-bond donors (Lipinski definition) is 1. The Balaban J connectivity index is 2.27. The largest absolute Gasteiger partial charge is 0.496 e. The van der Waals surface area contributed by atoms with Gasteiger partial charge in [-0.1, -0.05) is 33.6 Å². The zero-order valence-electron chi connectivity index (χ0n) is 10.9. The number of methoxy groups -OCH3 is 1. The van der Waals surface area contributed by atoms with Gasteiger partial charge in [0.1, 0.15) is 11.6 Å². The fraction of sp³-hybridized carbons (Fsp3) is 0.200. The third kappa shape index (κ3) is 3.51. The second kappa shape index (κ2) is 6.57. The minimum Gasteiger partial charge on any atom is -0.496 e. The van der Waals surface area contributed by atoms with Gasteiger partial charge in [0, 0.05) is 21.1 Å². The lowest BCUT2D eigenvalue weighted by Crippen LogP contribution is -2.15. The molecule has 0 bridgehead atoms. The first-order chi connectivity index (χ1) is 9.51. The van der Waals surface area contributed by atoms with Gasteiger partial charge in [0.2, 0.25) is 0 Å². The molecule has 2 aromatic rings. The zero-order valence-corrected chi connectivity index (χ0v) is 13.2. The third-order valence-electron chi connectivity index (χ3n) is 3.05. The van der Waals surface area contributed by atoms with Crippen molar-refractivity contribution in [1.29, 1.82) is 0 Å². The molecule has 2 nitrogen and oxygen atoms in total. The number of rotatable bonds is 4. The fourth-order valence-electron chi connectivity index (χ4n) is 2.03. The van der Waals surface area contributed by atoms with Crippen LogP contribution in [-0.4, -0.2) is 7.11 Å². The van der Waals surface area contributed by atoms with Crippen molar-refractivity contribution in [2.24, 2.45) is 5.73 Å². The van der Waals surface area contributed by atoms with E-state index in [0.29, 0.717) is 21.7 Å². The standard InChI is InChI=1S/C15H14BrClFNO/c1-20-15-5-3-10(17)7-12(15)14(19)6-9-2-4-11(18)8-13(9)16/h2-5,7-8,14H,6,19H2,1H3. The molecule has 0 saturated heterocycles. The first-order valence-electron chi connectivity index (χ1n) is 6.04. The van der Waals surface area contributed by atoms with Crippen LogP contribution in [0.3, 0.4) is 0 Å². The van der Waals surface area contributed by atoms with Crippen LogP contribution in [-0.2, 0) is 6.42 Å². The van der Waals surface area contributed by atoms with Crippen LogP contribution >= 0.6 is 27.5 Å². The molecule has 2 rings (SSSR count). The Kier molecular flexibility index (Phi) is 5.02. The van der Waals surface area contributed by atoms with E-state index in [1.807, 2.05) is 0 Å². The van der Waals surface area contributed by atoms with Gasteiger partial charge in [0.25, 0.3) is 0 Å². The number of benzene rings is 2. The van der Waals surface area contributed by atoms with E-state index in [0.717, 1.165) is 11.1 Å². The summed E-state index contributed by atoms with van der Waals surface area (Å²) in [4.78, 5) is 0. The molecule has 0 radical (unpaired) electrons. The first kappa shape index (κ1) is 15.3. The number of ether oxygens (including phenoxy) is 1. The molecule has 0 fully saturated rings. The van der Waals surface area contributed by atoms with Crippen molar-refractivity contribution in [2.45, 2.75) is 12.5 Å². The van der Waals surface area contributed by atoms with E-state index in [1.165, 1.54) is 12.1 Å². The molecule has 0 spiro atoms. The molecule has 0 amide bonds. The van der Waals surface area contributed by atoms with Crippen LogP contribution in [0.15, 0.2) is 40.9 Å². The number of nitrogens with two attached hydrogens (primary N) is 1. The molecule has 0 aliphatic heterocycles. The quantitative estimate of drug-likeness (QED) is 0.874. The Morgan fingerprint density at radius 2 is 2.05 bits per heavy atom. The predicted octanol–water partition coefficient (Wildman–Crippen LogP) is 4.49. The van der Waals surface area contributed by atoms with E-state index < -0.39 is 0 Å². The van der Waals surface area contributed by atoms with E-state index in [4.69, 9.17) is 22.1 Å². The Hall–Kier alpha value is -1.10. The highest BCUT2D eigenvalue weighted by molar-refractivity contribution is 9.10. The highest BCUT2D eigenvalue weighted by atomic mass is 79.9. The number of hydrogen-bond acceptors (Lipinski definition) is 2. The minimum absolute atomic E-state index is 0.283. The van der Waals surface area contributed by atoms with Crippen LogP contribution in [0.5, 0.6) is 5.75 Å². The van der Waals surface area contributed by atoms with Crippen LogP contribution in [0.1, 0.15) is 17.2 Å². The average Bonchev–Trinajstić information content (AvgIpc) is 2.41. The summed E-state index contributed by atoms with van der Waals surface area (Å²) in [7, 11) is 1.59. The van der Waals surface area contributed by atoms with Crippen LogP contribution in [0, 0.1) is 5.82 Å². The Morgan fingerprint density at radius 1 is 1.30 bits per heavy atom. The molecule has 2 N–H and O–H groups in total. The monoisotopic (exact) mass is 357 g/mol. The Morgan fingerprint density at radius 3 is 2.70 bits per heavy atom. The maximum Gasteiger partial charge on any atom is 0.124 e. The molecule has 20 heavy (non-hydrogen) atoms. The van der Waals surface area contributed by atoms with Crippen LogP contribution in [0.2, 0.25) is 5.02 Å². The molecule has 1 unspecified atom stereocenters. The minimum atomic E-state index is -0.287. The van der Waals surface area contributed by atoms with Crippen molar-refractivity contribution in [3.63, 3.8) is 0 Å². The van der Waals surface area contributed by atoms with Gasteiger partial charge in [-0.2, -0.15) is 0 Å². The lowest BCUT2D eigenvalue weighted by atomic mass is 9.99. The first-order valence-corrected chi connectivity index (χ1v) is 7.21. The molecular formula is C15H14BrClFNO. The van der Waals surface area contributed by atoms with E-state index in [2.05, 4.69) is 15.9 Å². The third-order valence-corrected chi connectivity index (χ3v) is 4.02.